The van der Waals surface area contributed by atoms with Gasteiger partial charge in [0.25, 0.3) is 0 Å². The van der Waals surface area contributed by atoms with E-state index in [9.17, 15) is 22.8 Å². The molecule has 1 amide bonds. The average molecular weight is 569 g/mol. The SMILES string of the molecule is CCC(=Cc1ccccc1)C1C[C@@H]1N(C(=O)C(F)(F)F)C1CC2(C1)CN(Cc1ccc(C(=O)OC(C)(C)C)cc1)C2. The Bertz CT molecular complexity index is 1280. The fourth-order valence-corrected chi connectivity index (χ4v) is 6.61. The molecular formula is C33H39F3N2O3. The van der Waals surface area contributed by atoms with Crippen molar-refractivity contribution in [1.82, 2.24) is 9.80 Å². The van der Waals surface area contributed by atoms with Gasteiger partial charge in [-0.25, -0.2) is 4.79 Å². The summed E-state index contributed by atoms with van der Waals surface area (Å²) in [6, 6.07) is 16.4. The van der Waals surface area contributed by atoms with Crippen molar-refractivity contribution in [2.45, 2.75) is 83.8 Å². The molecule has 1 unspecified atom stereocenters. The summed E-state index contributed by atoms with van der Waals surface area (Å²) < 4.78 is 46.4. The van der Waals surface area contributed by atoms with Crippen molar-refractivity contribution in [3.05, 3.63) is 76.9 Å². The minimum absolute atomic E-state index is 0.0235. The van der Waals surface area contributed by atoms with Gasteiger partial charge in [-0.1, -0.05) is 61.0 Å². The molecule has 2 atom stereocenters. The highest BCUT2D eigenvalue weighted by atomic mass is 19.4. The van der Waals surface area contributed by atoms with Gasteiger partial charge < -0.3 is 9.64 Å². The van der Waals surface area contributed by atoms with Crippen LogP contribution in [0.4, 0.5) is 13.2 Å². The smallest absolute Gasteiger partial charge is 0.456 e. The first kappa shape index (κ1) is 29.4. The maximum atomic E-state index is 13.7. The van der Waals surface area contributed by atoms with E-state index in [2.05, 4.69) is 11.0 Å². The van der Waals surface area contributed by atoms with Gasteiger partial charge in [0.15, 0.2) is 0 Å². The van der Waals surface area contributed by atoms with Gasteiger partial charge in [0.05, 0.1) is 5.56 Å². The maximum Gasteiger partial charge on any atom is 0.471 e. The molecule has 3 aliphatic rings. The molecule has 41 heavy (non-hydrogen) atoms. The normalized spacial score (nSPS) is 22.6. The average Bonchev–Trinajstić information content (AvgIpc) is 3.64. The summed E-state index contributed by atoms with van der Waals surface area (Å²) in [7, 11) is 0. The minimum atomic E-state index is -4.87. The lowest BCUT2D eigenvalue weighted by atomic mass is 9.60. The third kappa shape index (κ3) is 6.69. The predicted molar refractivity (Wildman–Crippen MR) is 152 cm³/mol. The summed E-state index contributed by atoms with van der Waals surface area (Å²) in [6.07, 6.45) is -0.267. The van der Waals surface area contributed by atoms with Crippen LogP contribution in [0.15, 0.2) is 60.2 Å². The van der Waals surface area contributed by atoms with Gasteiger partial charge in [0.1, 0.15) is 5.60 Å². The molecule has 2 aliphatic carbocycles. The number of ether oxygens (including phenoxy) is 1. The number of benzene rings is 2. The van der Waals surface area contributed by atoms with Gasteiger partial charge in [-0.05, 0) is 75.1 Å². The Hall–Kier alpha value is -3.13. The number of carbonyl (C=O) groups excluding carboxylic acids is 2. The molecule has 3 fully saturated rings. The minimum Gasteiger partial charge on any atom is -0.456 e. The van der Waals surface area contributed by atoms with Gasteiger partial charge in [0, 0.05) is 37.6 Å². The van der Waals surface area contributed by atoms with Crippen LogP contribution in [-0.4, -0.2) is 58.6 Å². The zero-order valence-corrected chi connectivity index (χ0v) is 24.2. The second-order valence-corrected chi connectivity index (χ2v) is 13.0. The van der Waals surface area contributed by atoms with E-state index in [0.29, 0.717) is 31.4 Å². The Morgan fingerprint density at radius 1 is 1.02 bits per heavy atom. The lowest BCUT2D eigenvalue weighted by Crippen LogP contribution is -2.67. The van der Waals surface area contributed by atoms with Gasteiger partial charge in [-0.3, -0.25) is 9.69 Å². The van der Waals surface area contributed by atoms with E-state index in [1.165, 1.54) is 4.90 Å². The number of nitrogens with zero attached hydrogens (tertiary/aromatic N) is 2. The third-order valence-corrected chi connectivity index (χ3v) is 8.47. The molecule has 0 bridgehead atoms. The molecule has 5 rings (SSSR count). The zero-order valence-electron chi connectivity index (χ0n) is 24.2. The summed E-state index contributed by atoms with van der Waals surface area (Å²) >= 11 is 0. The Morgan fingerprint density at radius 2 is 1.66 bits per heavy atom. The summed E-state index contributed by atoms with van der Waals surface area (Å²) in [5.74, 6) is -2.07. The molecule has 1 heterocycles. The lowest BCUT2D eigenvalue weighted by Gasteiger charge is -2.61. The summed E-state index contributed by atoms with van der Waals surface area (Å²) in [4.78, 5) is 28.3. The van der Waals surface area contributed by atoms with E-state index in [1.807, 2.05) is 70.2 Å². The molecule has 5 nitrogen and oxygen atoms in total. The van der Waals surface area contributed by atoms with E-state index < -0.39 is 17.7 Å². The van der Waals surface area contributed by atoms with Crippen molar-refractivity contribution in [3.8, 4) is 0 Å². The van der Waals surface area contributed by atoms with Crippen LogP contribution in [0.1, 0.15) is 74.9 Å². The number of carbonyl (C=O) groups is 2. The topological polar surface area (TPSA) is 49.9 Å². The molecule has 1 saturated heterocycles. The van der Waals surface area contributed by atoms with Crippen molar-refractivity contribution in [2.24, 2.45) is 11.3 Å². The Balaban J connectivity index is 1.17. The highest BCUT2D eigenvalue weighted by Crippen LogP contribution is 2.55. The second kappa shape index (κ2) is 10.9. The molecule has 0 aromatic heterocycles. The number of hydrogen-bond donors (Lipinski definition) is 0. The van der Waals surface area contributed by atoms with Crippen LogP contribution in [0.25, 0.3) is 6.08 Å². The number of hydrogen-bond acceptors (Lipinski definition) is 4. The van der Waals surface area contributed by atoms with E-state index >= 15 is 0 Å². The molecule has 220 valence electrons. The van der Waals surface area contributed by atoms with Crippen molar-refractivity contribution in [2.75, 3.05) is 13.1 Å². The van der Waals surface area contributed by atoms with Crippen molar-refractivity contribution >= 4 is 18.0 Å². The van der Waals surface area contributed by atoms with Crippen molar-refractivity contribution in [3.63, 3.8) is 0 Å². The molecule has 1 aliphatic heterocycles. The van der Waals surface area contributed by atoms with E-state index in [-0.39, 0.29) is 29.4 Å². The Labute approximate surface area is 240 Å². The highest BCUT2D eigenvalue weighted by molar-refractivity contribution is 5.89. The molecule has 2 aromatic rings. The highest BCUT2D eigenvalue weighted by Gasteiger charge is 2.61. The first-order chi connectivity index (χ1) is 19.3. The maximum absolute atomic E-state index is 13.7. The number of halogens is 3. The molecule has 0 N–H and O–H groups in total. The van der Waals surface area contributed by atoms with Crippen molar-refractivity contribution in [1.29, 1.82) is 0 Å². The Morgan fingerprint density at radius 3 is 2.22 bits per heavy atom. The summed E-state index contributed by atoms with van der Waals surface area (Å²) in [5.41, 5.74) is 3.12. The summed E-state index contributed by atoms with van der Waals surface area (Å²) in [6.45, 7) is 9.82. The molecule has 2 aromatic carbocycles. The van der Waals surface area contributed by atoms with Crippen LogP contribution >= 0.6 is 0 Å². The van der Waals surface area contributed by atoms with E-state index in [0.717, 1.165) is 36.2 Å². The largest absolute Gasteiger partial charge is 0.471 e. The zero-order chi connectivity index (χ0) is 29.6. The number of amides is 1. The third-order valence-electron chi connectivity index (χ3n) is 8.47. The standard InChI is InChI=1S/C33H39F3N2O3/c1-5-24(15-22-9-7-6-8-10-22)27-16-28(27)38(30(40)33(34,35)36)26-17-32(18-26)20-37(21-32)19-23-11-13-25(14-12-23)29(39)41-31(2,3)4/h6-15,26-28H,5,16-21H2,1-4H3/t27?,28-/m0/s1. The molecular weight excluding hydrogens is 529 g/mol. The molecule has 0 radical (unpaired) electrons. The van der Waals surface area contributed by atoms with Gasteiger partial charge in [-0.15, -0.1) is 0 Å². The monoisotopic (exact) mass is 568 g/mol. The number of rotatable bonds is 8. The summed E-state index contributed by atoms with van der Waals surface area (Å²) in [5, 5.41) is 0. The van der Waals surface area contributed by atoms with Crippen LogP contribution in [0.5, 0.6) is 0 Å². The quantitative estimate of drug-likeness (QED) is 0.326. The van der Waals surface area contributed by atoms with E-state index in [1.54, 1.807) is 12.1 Å². The molecule has 1 spiro atoms. The van der Waals surface area contributed by atoms with Gasteiger partial charge >= 0.3 is 18.1 Å². The van der Waals surface area contributed by atoms with Gasteiger partial charge in [0.2, 0.25) is 0 Å². The van der Waals surface area contributed by atoms with E-state index in [4.69, 9.17) is 4.74 Å². The van der Waals surface area contributed by atoms with Crippen molar-refractivity contribution < 1.29 is 27.5 Å². The van der Waals surface area contributed by atoms with Gasteiger partial charge in [-0.2, -0.15) is 13.2 Å². The van der Waals surface area contributed by atoms with Crippen LogP contribution < -0.4 is 0 Å². The fraction of sp³-hybridized carbons (Fsp3) is 0.515. The van der Waals surface area contributed by atoms with Crippen LogP contribution in [0, 0.1) is 11.3 Å². The lowest BCUT2D eigenvalue weighted by molar-refractivity contribution is -0.197. The van der Waals surface area contributed by atoms with Crippen LogP contribution in [0.3, 0.4) is 0 Å². The first-order valence-corrected chi connectivity index (χ1v) is 14.5. The number of alkyl halides is 3. The van der Waals surface area contributed by atoms with Crippen LogP contribution in [-0.2, 0) is 16.1 Å². The predicted octanol–water partition coefficient (Wildman–Crippen LogP) is 6.88. The van der Waals surface area contributed by atoms with Crippen LogP contribution in [0.2, 0.25) is 0 Å². The molecule has 2 saturated carbocycles. The molecule has 8 heteroatoms. The number of esters is 1. The number of likely N-dealkylation sites (tertiary alicyclic amines) is 1. The Kier molecular flexibility index (Phi) is 7.83. The first-order valence-electron chi connectivity index (χ1n) is 14.5. The second-order valence-electron chi connectivity index (χ2n) is 13.0. The fourth-order valence-electron chi connectivity index (χ4n) is 6.61.